The maximum Gasteiger partial charge on any atom is 0.240 e. The van der Waals surface area contributed by atoms with Crippen LogP contribution in [-0.2, 0) is 16.4 Å². The number of hydrogen-bond donors (Lipinski definition) is 2. The maximum atomic E-state index is 12.4. The molecule has 2 N–H and O–H groups in total. The van der Waals surface area contributed by atoms with Crippen LogP contribution in [0.4, 0.5) is 0 Å². The van der Waals surface area contributed by atoms with Crippen LogP contribution in [0.15, 0.2) is 29.2 Å². The Bertz CT molecular complexity index is 517. The fraction of sp³-hybridized carbons (Fsp3) is 0.625. The Morgan fingerprint density at radius 3 is 2.24 bits per heavy atom. The number of aliphatic hydroxyl groups excluding tert-OH is 1. The van der Waals surface area contributed by atoms with Crippen molar-refractivity contribution in [2.45, 2.75) is 62.3 Å². The van der Waals surface area contributed by atoms with Crippen LogP contribution in [-0.4, -0.2) is 26.2 Å². The highest BCUT2D eigenvalue weighted by molar-refractivity contribution is 7.89. The van der Waals surface area contributed by atoms with E-state index in [0.717, 1.165) is 37.7 Å². The number of nitrogens with one attached hydrogen (secondary N) is 1. The lowest BCUT2D eigenvalue weighted by Gasteiger charge is -2.16. The van der Waals surface area contributed by atoms with Crippen LogP contribution in [0, 0.1) is 0 Å². The fourth-order valence-electron chi connectivity index (χ4n) is 2.80. The standard InChI is InChI=1S/C16H25NO3S/c18-13-5-6-14-9-11-16(12-10-14)21(19,20)17-15-7-3-1-2-4-8-15/h9-12,15,17-18H,1-8,13H2. The molecule has 1 saturated carbocycles. The zero-order valence-electron chi connectivity index (χ0n) is 12.4. The minimum Gasteiger partial charge on any atom is -0.396 e. The van der Waals surface area contributed by atoms with Gasteiger partial charge < -0.3 is 5.11 Å². The molecule has 1 aromatic rings. The zero-order valence-corrected chi connectivity index (χ0v) is 13.2. The molecule has 1 aliphatic carbocycles. The van der Waals surface area contributed by atoms with Gasteiger partial charge in [-0.05, 0) is 43.4 Å². The highest BCUT2D eigenvalue weighted by Crippen LogP contribution is 2.20. The Labute approximate surface area is 127 Å². The van der Waals surface area contributed by atoms with Gasteiger partial charge in [-0.1, -0.05) is 37.8 Å². The van der Waals surface area contributed by atoms with E-state index >= 15 is 0 Å². The highest BCUT2D eigenvalue weighted by atomic mass is 32.2. The van der Waals surface area contributed by atoms with E-state index in [1.807, 2.05) is 12.1 Å². The number of benzene rings is 1. The molecule has 2 rings (SSSR count). The maximum absolute atomic E-state index is 12.4. The molecule has 0 aliphatic heterocycles. The summed E-state index contributed by atoms with van der Waals surface area (Å²) < 4.78 is 27.6. The summed E-state index contributed by atoms with van der Waals surface area (Å²) in [6.45, 7) is 0.156. The third kappa shape index (κ3) is 5.09. The predicted molar refractivity (Wildman–Crippen MR) is 83.7 cm³/mol. The Balaban J connectivity index is 2.01. The quantitative estimate of drug-likeness (QED) is 0.794. The van der Waals surface area contributed by atoms with Crippen LogP contribution in [0.1, 0.15) is 50.5 Å². The Hall–Kier alpha value is -0.910. The van der Waals surface area contributed by atoms with Crippen molar-refractivity contribution in [1.29, 1.82) is 0 Å². The molecule has 0 aromatic heterocycles. The summed E-state index contributed by atoms with van der Waals surface area (Å²) in [5.74, 6) is 0. The van der Waals surface area contributed by atoms with Crippen molar-refractivity contribution in [1.82, 2.24) is 4.72 Å². The summed E-state index contributed by atoms with van der Waals surface area (Å²) in [4.78, 5) is 0.333. The number of rotatable bonds is 6. The van der Waals surface area contributed by atoms with Crippen molar-refractivity contribution in [3.05, 3.63) is 29.8 Å². The summed E-state index contributed by atoms with van der Waals surface area (Å²) in [7, 11) is -3.41. The van der Waals surface area contributed by atoms with E-state index in [1.54, 1.807) is 12.1 Å². The van der Waals surface area contributed by atoms with Gasteiger partial charge in [-0.2, -0.15) is 0 Å². The lowest BCUT2D eigenvalue weighted by Crippen LogP contribution is -2.34. The zero-order chi connectivity index (χ0) is 15.1. The topological polar surface area (TPSA) is 66.4 Å². The van der Waals surface area contributed by atoms with Crippen molar-refractivity contribution in [2.75, 3.05) is 6.61 Å². The Kier molecular flexibility index (Phi) is 6.21. The molecule has 5 heteroatoms. The molecular weight excluding hydrogens is 286 g/mol. The van der Waals surface area contributed by atoms with E-state index in [4.69, 9.17) is 5.11 Å². The smallest absolute Gasteiger partial charge is 0.240 e. The van der Waals surface area contributed by atoms with Gasteiger partial charge in [0.05, 0.1) is 4.90 Å². The van der Waals surface area contributed by atoms with E-state index in [9.17, 15) is 8.42 Å². The van der Waals surface area contributed by atoms with Crippen molar-refractivity contribution in [3.63, 3.8) is 0 Å². The molecule has 0 saturated heterocycles. The SMILES string of the molecule is O=S(=O)(NC1CCCCCC1)c1ccc(CCCO)cc1. The molecule has 1 fully saturated rings. The minimum atomic E-state index is -3.41. The molecule has 4 nitrogen and oxygen atoms in total. The van der Waals surface area contributed by atoms with Crippen molar-refractivity contribution in [2.24, 2.45) is 0 Å². The molecule has 1 aliphatic rings. The molecule has 118 valence electrons. The van der Waals surface area contributed by atoms with Gasteiger partial charge in [-0.15, -0.1) is 0 Å². The van der Waals surface area contributed by atoms with E-state index < -0.39 is 10.0 Å². The third-order valence-electron chi connectivity index (χ3n) is 4.03. The number of aliphatic hydroxyl groups is 1. The first-order chi connectivity index (χ1) is 10.1. The molecule has 0 heterocycles. The molecular formula is C16H25NO3S. The fourth-order valence-corrected chi connectivity index (χ4v) is 4.11. The molecule has 21 heavy (non-hydrogen) atoms. The third-order valence-corrected chi connectivity index (χ3v) is 5.57. The second kappa shape index (κ2) is 7.92. The van der Waals surface area contributed by atoms with Crippen LogP contribution in [0.5, 0.6) is 0 Å². The van der Waals surface area contributed by atoms with Crippen molar-refractivity contribution in [3.8, 4) is 0 Å². The van der Waals surface area contributed by atoms with E-state index in [1.165, 1.54) is 12.8 Å². The molecule has 0 radical (unpaired) electrons. The lowest BCUT2D eigenvalue weighted by atomic mass is 10.1. The van der Waals surface area contributed by atoms with Crippen LogP contribution >= 0.6 is 0 Å². The van der Waals surface area contributed by atoms with Crippen LogP contribution in [0.25, 0.3) is 0 Å². The van der Waals surface area contributed by atoms with Gasteiger partial charge in [0.25, 0.3) is 0 Å². The van der Waals surface area contributed by atoms with Gasteiger partial charge in [-0.3, -0.25) is 0 Å². The average Bonchev–Trinajstić information content (AvgIpc) is 2.73. The van der Waals surface area contributed by atoms with Crippen LogP contribution in [0.3, 0.4) is 0 Å². The van der Waals surface area contributed by atoms with Gasteiger partial charge in [-0.25, -0.2) is 13.1 Å². The van der Waals surface area contributed by atoms with E-state index in [2.05, 4.69) is 4.72 Å². The van der Waals surface area contributed by atoms with E-state index in [-0.39, 0.29) is 12.6 Å². The highest BCUT2D eigenvalue weighted by Gasteiger charge is 2.20. The van der Waals surface area contributed by atoms with Crippen LogP contribution in [0.2, 0.25) is 0 Å². The first-order valence-electron chi connectivity index (χ1n) is 7.84. The average molecular weight is 311 g/mol. The summed E-state index contributed by atoms with van der Waals surface area (Å²) >= 11 is 0. The minimum absolute atomic E-state index is 0.0755. The molecule has 0 atom stereocenters. The molecule has 0 spiro atoms. The normalized spacial score (nSPS) is 17.6. The number of aryl methyl sites for hydroxylation is 1. The molecule has 0 amide bonds. The van der Waals surface area contributed by atoms with Gasteiger partial charge >= 0.3 is 0 Å². The predicted octanol–water partition coefficient (Wildman–Crippen LogP) is 2.61. The Morgan fingerprint density at radius 2 is 1.67 bits per heavy atom. The first kappa shape index (κ1) is 16.5. The van der Waals surface area contributed by atoms with Crippen LogP contribution < -0.4 is 4.72 Å². The number of hydrogen-bond acceptors (Lipinski definition) is 3. The summed E-state index contributed by atoms with van der Waals surface area (Å²) in [5.41, 5.74) is 1.05. The summed E-state index contributed by atoms with van der Waals surface area (Å²) in [6, 6.07) is 7.05. The molecule has 0 unspecified atom stereocenters. The molecule has 0 bridgehead atoms. The van der Waals surface area contributed by atoms with Gasteiger partial charge in [0, 0.05) is 12.6 Å². The molecule has 1 aromatic carbocycles. The van der Waals surface area contributed by atoms with Gasteiger partial charge in [0.2, 0.25) is 10.0 Å². The lowest BCUT2D eigenvalue weighted by molar-refractivity contribution is 0.288. The largest absolute Gasteiger partial charge is 0.396 e. The second-order valence-corrected chi connectivity index (χ2v) is 7.49. The second-order valence-electron chi connectivity index (χ2n) is 5.78. The number of sulfonamides is 1. The summed E-state index contributed by atoms with van der Waals surface area (Å²) in [5, 5.41) is 8.81. The van der Waals surface area contributed by atoms with Gasteiger partial charge in [0.1, 0.15) is 0 Å². The van der Waals surface area contributed by atoms with Crippen molar-refractivity contribution >= 4 is 10.0 Å². The summed E-state index contributed by atoms with van der Waals surface area (Å²) in [6.07, 6.45) is 7.97. The Morgan fingerprint density at radius 1 is 1.05 bits per heavy atom. The van der Waals surface area contributed by atoms with Gasteiger partial charge in [0.15, 0.2) is 0 Å². The first-order valence-corrected chi connectivity index (χ1v) is 9.32. The van der Waals surface area contributed by atoms with E-state index in [0.29, 0.717) is 11.3 Å². The van der Waals surface area contributed by atoms with Crippen molar-refractivity contribution < 1.29 is 13.5 Å². The monoisotopic (exact) mass is 311 g/mol.